The molecule has 0 amide bonds. The summed E-state index contributed by atoms with van der Waals surface area (Å²) in [4.78, 5) is 11.3. The lowest BCUT2D eigenvalue weighted by Crippen LogP contribution is -2.27. The summed E-state index contributed by atoms with van der Waals surface area (Å²) in [5, 5.41) is 0. The number of esters is 1. The monoisotopic (exact) mass is 246 g/mol. The van der Waals surface area contributed by atoms with Gasteiger partial charge in [0.25, 0.3) is 0 Å². The van der Waals surface area contributed by atoms with Gasteiger partial charge in [-0.1, -0.05) is 26.2 Å². The molecule has 0 fully saturated rings. The Morgan fingerprint density at radius 1 is 1.06 bits per heavy atom. The first kappa shape index (κ1) is 15.6. The largest absolute Gasteiger partial charge is 0.463 e. The molecule has 0 saturated carbocycles. The van der Waals surface area contributed by atoms with Crippen LogP contribution in [0.4, 0.5) is 0 Å². The van der Waals surface area contributed by atoms with Gasteiger partial charge >= 0.3 is 5.97 Å². The van der Waals surface area contributed by atoms with E-state index in [2.05, 4.69) is 26.6 Å². The second-order valence-corrected chi connectivity index (χ2v) is 9.51. The number of unbranched alkanes of at least 4 members (excludes halogenated alkanes) is 3. The fourth-order valence-corrected chi connectivity index (χ4v) is 1.97. The third-order valence-corrected chi connectivity index (χ3v) is 3.19. The van der Waals surface area contributed by atoms with E-state index in [9.17, 15) is 4.79 Å². The lowest BCUT2D eigenvalue weighted by molar-refractivity contribution is -0.144. The third-order valence-electron chi connectivity index (χ3n) is 2.12. The van der Waals surface area contributed by atoms with Gasteiger partial charge in [0, 0.05) is 6.42 Å². The lowest BCUT2D eigenvalue weighted by atomic mass is 10.2. The number of carbonyl (C=O) groups is 1. The molecule has 0 rings (SSSR count). The van der Waals surface area contributed by atoms with Crippen molar-refractivity contribution in [2.45, 2.75) is 58.7 Å². The van der Waals surface area contributed by atoms with Gasteiger partial charge < -0.3 is 9.16 Å². The second kappa shape index (κ2) is 8.76. The number of hydrogen-bond donors (Lipinski definition) is 0. The molecule has 16 heavy (non-hydrogen) atoms. The molecule has 3 nitrogen and oxygen atoms in total. The summed E-state index contributed by atoms with van der Waals surface area (Å²) >= 11 is 0. The van der Waals surface area contributed by atoms with Crippen molar-refractivity contribution in [3.63, 3.8) is 0 Å². The van der Waals surface area contributed by atoms with Gasteiger partial charge in [0.05, 0.1) is 6.61 Å². The Morgan fingerprint density at radius 3 is 2.31 bits per heavy atom. The molecule has 0 heterocycles. The molecule has 0 saturated heterocycles. The second-order valence-electron chi connectivity index (χ2n) is 4.99. The highest BCUT2D eigenvalue weighted by molar-refractivity contribution is 6.69. The highest BCUT2D eigenvalue weighted by Gasteiger charge is 2.13. The van der Waals surface area contributed by atoms with Crippen molar-refractivity contribution in [1.82, 2.24) is 0 Å². The molecule has 0 aromatic heterocycles. The van der Waals surface area contributed by atoms with E-state index in [4.69, 9.17) is 9.16 Å². The van der Waals surface area contributed by atoms with Gasteiger partial charge in [0.2, 0.25) is 0 Å². The molecular formula is C12H26O3Si. The van der Waals surface area contributed by atoms with Gasteiger partial charge in [-0.2, -0.15) is 0 Å². The number of carbonyl (C=O) groups excluding carboxylic acids is 1. The van der Waals surface area contributed by atoms with Crippen molar-refractivity contribution in [3.05, 3.63) is 0 Å². The molecule has 0 N–H and O–H groups in total. The Morgan fingerprint density at radius 2 is 1.75 bits per heavy atom. The Bertz CT molecular complexity index is 187. The minimum atomic E-state index is -1.46. The minimum absolute atomic E-state index is 0.0877. The van der Waals surface area contributed by atoms with E-state index < -0.39 is 8.32 Å². The molecule has 0 aliphatic carbocycles. The lowest BCUT2D eigenvalue weighted by Gasteiger charge is -2.16. The Balaban J connectivity index is 3.31. The van der Waals surface area contributed by atoms with Gasteiger partial charge in [-0.25, -0.2) is 0 Å². The molecule has 0 radical (unpaired) electrons. The minimum Gasteiger partial charge on any atom is -0.463 e. The summed E-state index contributed by atoms with van der Waals surface area (Å²) in [5.74, 6) is -0.0877. The SMILES string of the molecule is CCCCCCC(=O)OCCO[Si](C)(C)C. The summed E-state index contributed by atoms with van der Waals surface area (Å²) in [7, 11) is -1.46. The van der Waals surface area contributed by atoms with Crippen molar-refractivity contribution in [3.8, 4) is 0 Å². The van der Waals surface area contributed by atoms with Gasteiger partial charge in [0.15, 0.2) is 8.32 Å². The van der Waals surface area contributed by atoms with Crippen LogP contribution in [0.5, 0.6) is 0 Å². The van der Waals surface area contributed by atoms with Crippen LogP contribution in [0.2, 0.25) is 19.6 Å². The van der Waals surface area contributed by atoms with Crippen LogP contribution in [0.25, 0.3) is 0 Å². The maximum absolute atomic E-state index is 11.3. The molecule has 0 aliphatic rings. The quantitative estimate of drug-likeness (QED) is 0.355. The van der Waals surface area contributed by atoms with Crippen LogP contribution < -0.4 is 0 Å². The van der Waals surface area contributed by atoms with E-state index in [1.165, 1.54) is 12.8 Å². The maximum atomic E-state index is 11.3. The smallest absolute Gasteiger partial charge is 0.305 e. The summed E-state index contributed by atoms with van der Waals surface area (Å²) in [6, 6.07) is 0. The zero-order valence-electron chi connectivity index (χ0n) is 11.2. The van der Waals surface area contributed by atoms with Crippen molar-refractivity contribution in [1.29, 1.82) is 0 Å². The molecule has 0 aliphatic heterocycles. The Labute approximate surface area is 101 Å². The first-order chi connectivity index (χ1) is 7.45. The molecule has 96 valence electrons. The van der Waals surface area contributed by atoms with Crippen LogP contribution in [-0.2, 0) is 14.0 Å². The van der Waals surface area contributed by atoms with E-state index >= 15 is 0 Å². The van der Waals surface area contributed by atoms with E-state index in [1.807, 2.05) is 0 Å². The molecule has 0 aromatic carbocycles. The predicted molar refractivity (Wildman–Crippen MR) is 69.0 cm³/mol. The summed E-state index contributed by atoms with van der Waals surface area (Å²) in [6.07, 6.45) is 5.01. The molecule has 0 atom stereocenters. The van der Waals surface area contributed by atoms with Crippen LogP contribution in [0.1, 0.15) is 39.0 Å². The molecule has 0 bridgehead atoms. The predicted octanol–water partition coefficient (Wildman–Crippen LogP) is 3.35. The van der Waals surface area contributed by atoms with Crippen molar-refractivity contribution < 1.29 is 14.0 Å². The zero-order valence-corrected chi connectivity index (χ0v) is 12.2. The van der Waals surface area contributed by atoms with Crippen molar-refractivity contribution in [2.75, 3.05) is 13.2 Å². The van der Waals surface area contributed by atoms with E-state index in [1.54, 1.807) is 0 Å². The topological polar surface area (TPSA) is 35.5 Å². The highest BCUT2D eigenvalue weighted by atomic mass is 28.4. The Hall–Kier alpha value is -0.353. The first-order valence-electron chi connectivity index (χ1n) is 6.25. The third kappa shape index (κ3) is 11.7. The molecule has 0 unspecified atom stereocenters. The average Bonchev–Trinajstić information content (AvgIpc) is 2.18. The van der Waals surface area contributed by atoms with Crippen LogP contribution in [0.15, 0.2) is 0 Å². The van der Waals surface area contributed by atoms with Crippen LogP contribution in [0.3, 0.4) is 0 Å². The summed E-state index contributed by atoms with van der Waals surface area (Å²) in [5.41, 5.74) is 0. The van der Waals surface area contributed by atoms with Crippen LogP contribution >= 0.6 is 0 Å². The normalized spacial score (nSPS) is 11.5. The molecule has 0 aromatic rings. The van der Waals surface area contributed by atoms with Crippen LogP contribution in [0, 0.1) is 0 Å². The maximum Gasteiger partial charge on any atom is 0.305 e. The van der Waals surface area contributed by atoms with Gasteiger partial charge in [0.1, 0.15) is 6.61 Å². The molecule has 4 heteroatoms. The van der Waals surface area contributed by atoms with Gasteiger partial charge in [-0.3, -0.25) is 4.79 Å². The fourth-order valence-electron chi connectivity index (χ4n) is 1.27. The number of rotatable bonds is 9. The number of hydrogen-bond acceptors (Lipinski definition) is 3. The van der Waals surface area contributed by atoms with E-state index in [-0.39, 0.29) is 5.97 Å². The van der Waals surface area contributed by atoms with Crippen LogP contribution in [-0.4, -0.2) is 27.5 Å². The highest BCUT2D eigenvalue weighted by Crippen LogP contribution is 2.04. The first-order valence-corrected chi connectivity index (χ1v) is 9.66. The molecule has 0 spiro atoms. The standard InChI is InChI=1S/C12H26O3Si/c1-5-6-7-8-9-12(13)14-10-11-15-16(2,3)4/h5-11H2,1-4H3. The summed E-state index contributed by atoms with van der Waals surface area (Å²) < 4.78 is 10.7. The fraction of sp³-hybridized carbons (Fsp3) is 0.917. The molecular weight excluding hydrogens is 220 g/mol. The Kier molecular flexibility index (Phi) is 8.57. The average molecular weight is 246 g/mol. The zero-order chi connectivity index (χ0) is 12.4. The van der Waals surface area contributed by atoms with Gasteiger partial charge in [-0.05, 0) is 26.1 Å². The summed E-state index contributed by atoms with van der Waals surface area (Å²) in [6.45, 7) is 9.47. The number of ether oxygens (including phenoxy) is 1. The van der Waals surface area contributed by atoms with Crippen molar-refractivity contribution >= 4 is 14.3 Å². The van der Waals surface area contributed by atoms with Gasteiger partial charge in [-0.15, -0.1) is 0 Å². The van der Waals surface area contributed by atoms with Crippen molar-refractivity contribution in [2.24, 2.45) is 0 Å². The van der Waals surface area contributed by atoms with E-state index in [0.29, 0.717) is 19.6 Å². The van der Waals surface area contributed by atoms with E-state index in [0.717, 1.165) is 12.8 Å².